The summed E-state index contributed by atoms with van der Waals surface area (Å²) in [7, 11) is 3.40. The Morgan fingerprint density at radius 3 is 2.71 bits per heavy atom. The number of aryl methyl sites for hydroxylation is 3. The molecule has 0 N–H and O–H groups in total. The molecule has 4 aromatic rings. The van der Waals surface area contributed by atoms with E-state index in [1.165, 1.54) is 38.2 Å². The summed E-state index contributed by atoms with van der Waals surface area (Å²) in [6, 6.07) is 8.73. The molecule has 0 spiro atoms. The second-order valence-corrected chi connectivity index (χ2v) is 8.39. The predicted octanol–water partition coefficient (Wildman–Crippen LogP) is 5.08. The summed E-state index contributed by atoms with van der Waals surface area (Å²) in [5.74, 6) is 3.35. The molecule has 2 aliphatic heterocycles. The van der Waals surface area contributed by atoms with Crippen LogP contribution in [0.5, 0.6) is 23.0 Å². The minimum absolute atomic E-state index is 0.299. The lowest BCUT2D eigenvalue weighted by Crippen LogP contribution is -2.38. The fourth-order valence-electron chi connectivity index (χ4n) is 5.34. The molecule has 3 aromatic carbocycles. The minimum Gasteiger partial charge on any atom is -0.493 e. The van der Waals surface area contributed by atoms with Crippen molar-refractivity contribution in [3.63, 3.8) is 0 Å². The number of rotatable bonds is 5. The van der Waals surface area contributed by atoms with Crippen LogP contribution in [0.2, 0.25) is 0 Å². The highest BCUT2D eigenvalue weighted by Crippen LogP contribution is 2.48. The van der Waals surface area contributed by atoms with Crippen LogP contribution in [0.4, 0.5) is 0 Å². The first-order chi connectivity index (χ1) is 15.2. The van der Waals surface area contributed by atoms with Crippen molar-refractivity contribution in [3.8, 4) is 23.0 Å². The number of benzene rings is 3. The van der Waals surface area contributed by atoms with Gasteiger partial charge in [-0.05, 0) is 48.2 Å². The first-order valence-electron chi connectivity index (χ1n) is 11.0. The lowest BCUT2D eigenvalue weighted by atomic mass is 9.88. The third kappa shape index (κ3) is 2.52. The Labute approximate surface area is 181 Å². The van der Waals surface area contributed by atoms with Crippen molar-refractivity contribution in [2.75, 3.05) is 21.0 Å². The molecular formula is C26H26NO4+. The average molecular weight is 416 g/mol. The Kier molecular flexibility index (Phi) is 4.13. The van der Waals surface area contributed by atoms with Gasteiger partial charge in [0.05, 0.1) is 30.4 Å². The average Bonchev–Trinajstić information content (AvgIpc) is 3.27. The van der Waals surface area contributed by atoms with Gasteiger partial charge in [-0.3, -0.25) is 0 Å². The number of nitrogens with zero attached hydrogens (tertiary/aromatic N) is 1. The maximum atomic E-state index is 5.99. The smallest absolute Gasteiger partial charge is 0.231 e. The highest BCUT2D eigenvalue weighted by molar-refractivity contribution is 6.18. The molecule has 5 nitrogen and oxygen atoms in total. The zero-order valence-electron chi connectivity index (χ0n) is 18.2. The predicted molar refractivity (Wildman–Crippen MR) is 121 cm³/mol. The van der Waals surface area contributed by atoms with Crippen LogP contribution in [-0.2, 0) is 19.4 Å². The Hall–Kier alpha value is -3.21. The molecule has 0 unspecified atom stereocenters. The van der Waals surface area contributed by atoms with Crippen molar-refractivity contribution in [1.82, 2.24) is 0 Å². The number of hydrogen-bond acceptors (Lipinski definition) is 4. The summed E-state index contributed by atoms with van der Waals surface area (Å²) in [6.45, 7) is 3.46. The van der Waals surface area contributed by atoms with Crippen molar-refractivity contribution in [2.24, 2.45) is 0 Å². The van der Waals surface area contributed by atoms with Crippen LogP contribution in [0.3, 0.4) is 0 Å². The van der Waals surface area contributed by atoms with E-state index < -0.39 is 0 Å². The van der Waals surface area contributed by atoms with E-state index in [4.69, 9.17) is 18.9 Å². The Balaban J connectivity index is 1.81. The number of methoxy groups -OCH3 is 2. The van der Waals surface area contributed by atoms with Crippen molar-refractivity contribution in [3.05, 3.63) is 41.6 Å². The molecule has 0 saturated heterocycles. The van der Waals surface area contributed by atoms with Gasteiger partial charge >= 0.3 is 0 Å². The lowest BCUT2D eigenvalue weighted by molar-refractivity contribution is -0.670. The quantitative estimate of drug-likeness (QED) is 0.336. The number of pyridine rings is 1. The highest BCUT2D eigenvalue weighted by atomic mass is 16.7. The number of hydrogen-bond donors (Lipinski definition) is 0. The molecule has 0 fully saturated rings. The fraction of sp³-hybridized carbons (Fsp3) is 0.346. The van der Waals surface area contributed by atoms with Crippen molar-refractivity contribution in [1.29, 1.82) is 0 Å². The molecule has 0 saturated carbocycles. The highest BCUT2D eigenvalue weighted by Gasteiger charge is 2.31. The molecule has 0 atom stereocenters. The molecule has 2 aliphatic rings. The van der Waals surface area contributed by atoms with Gasteiger partial charge in [0.25, 0.3) is 0 Å². The molecule has 6 rings (SSSR count). The Morgan fingerprint density at radius 2 is 1.90 bits per heavy atom. The molecule has 0 radical (unpaired) electrons. The molecule has 1 aromatic heterocycles. The standard InChI is InChI=1S/C26H26NO4/c1-4-5-6-15-11-18-17-7-8-20(28-2)25(29-3)19(17)13-27-10-9-16-12-21-26(31-14-30-21)23(15)22(16)24(18)27/h7-8,11-13H,4-6,9-10,14H2,1-3H3/q+1. The summed E-state index contributed by atoms with van der Waals surface area (Å²) in [5.41, 5.74) is 3.96. The van der Waals surface area contributed by atoms with E-state index in [0.29, 0.717) is 6.79 Å². The summed E-state index contributed by atoms with van der Waals surface area (Å²) in [5, 5.41) is 6.08. The number of ether oxygens (including phenoxy) is 4. The van der Waals surface area contributed by atoms with Gasteiger partial charge < -0.3 is 18.9 Å². The summed E-state index contributed by atoms with van der Waals surface area (Å²) in [6.07, 6.45) is 6.50. The van der Waals surface area contributed by atoms with Crippen molar-refractivity contribution in [2.45, 2.75) is 39.2 Å². The van der Waals surface area contributed by atoms with Gasteiger partial charge in [0.1, 0.15) is 0 Å². The first kappa shape index (κ1) is 18.6. The molecule has 31 heavy (non-hydrogen) atoms. The van der Waals surface area contributed by atoms with Gasteiger partial charge in [0.15, 0.2) is 35.7 Å². The van der Waals surface area contributed by atoms with Crippen molar-refractivity contribution < 1.29 is 23.5 Å². The molecule has 0 bridgehead atoms. The zero-order valence-corrected chi connectivity index (χ0v) is 18.2. The number of aromatic nitrogens is 1. The topological polar surface area (TPSA) is 40.8 Å². The van der Waals surface area contributed by atoms with E-state index in [9.17, 15) is 0 Å². The second-order valence-electron chi connectivity index (χ2n) is 8.39. The number of fused-ring (bicyclic) bond motifs is 4. The van der Waals surface area contributed by atoms with Gasteiger partial charge in [-0.15, -0.1) is 0 Å². The Morgan fingerprint density at radius 1 is 1.00 bits per heavy atom. The van der Waals surface area contributed by atoms with E-state index in [1.54, 1.807) is 14.2 Å². The summed E-state index contributed by atoms with van der Waals surface area (Å²) >= 11 is 0. The first-order valence-corrected chi connectivity index (χ1v) is 11.0. The van der Waals surface area contributed by atoms with E-state index in [1.807, 2.05) is 6.07 Å². The van der Waals surface area contributed by atoms with Gasteiger partial charge in [0, 0.05) is 17.2 Å². The molecular weight excluding hydrogens is 390 g/mol. The summed E-state index contributed by atoms with van der Waals surface area (Å²) in [4.78, 5) is 0. The SMILES string of the molecule is CCCCc1cc2c3ccc(OC)c(OC)c3c[n+]3c2c2c(cc4c(c12)OCO4)CC3. The molecule has 0 aliphatic carbocycles. The second kappa shape index (κ2) is 6.91. The van der Waals surface area contributed by atoms with Crippen LogP contribution >= 0.6 is 0 Å². The van der Waals surface area contributed by atoms with Crippen LogP contribution in [0.15, 0.2) is 30.5 Å². The molecule has 3 heterocycles. The third-order valence-electron chi connectivity index (χ3n) is 6.74. The van der Waals surface area contributed by atoms with Gasteiger partial charge in [-0.25, -0.2) is 0 Å². The summed E-state index contributed by atoms with van der Waals surface area (Å²) < 4.78 is 25.5. The van der Waals surface area contributed by atoms with Crippen LogP contribution < -0.4 is 23.5 Å². The van der Waals surface area contributed by atoms with Gasteiger partial charge in [-0.2, -0.15) is 4.57 Å². The fourth-order valence-corrected chi connectivity index (χ4v) is 5.34. The molecule has 0 amide bonds. The monoisotopic (exact) mass is 416 g/mol. The zero-order chi connectivity index (χ0) is 21.1. The van der Waals surface area contributed by atoms with Crippen molar-refractivity contribution >= 4 is 32.4 Å². The van der Waals surface area contributed by atoms with Crippen LogP contribution in [0.25, 0.3) is 32.4 Å². The van der Waals surface area contributed by atoms with E-state index in [-0.39, 0.29) is 0 Å². The van der Waals surface area contributed by atoms with Gasteiger partial charge in [-0.1, -0.05) is 13.3 Å². The van der Waals surface area contributed by atoms with Crippen LogP contribution in [-0.4, -0.2) is 21.0 Å². The maximum Gasteiger partial charge on any atom is 0.231 e. The largest absolute Gasteiger partial charge is 0.493 e. The molecule has 5 heteroatoms. The van der Waals surface area contributed by atoms with Crippen LogP contribution in [0, 0.1) is 0 Å². The van der Waals surface area contributed by atoms with E-state index >= 15 is 0 Å². The molecule has 158 valence electrons. The maximum absolute atomic E-state index is 5.99. The lowest BCUT2D eigenvalue weighted by Gasteiger charge is -2.20. The van der Waals surface area contributed by atoms with E-state index in [2.05, 4.69) is 35.9 Å². The Bertz CT molecular complexity index is 1380. The van der Waals surface area contributed by atoms with Gasteiger partial charge in [0.2, 0.25) is 12.3 Å². The van der Waals surface area contributed by atoms with E-state index in [0.717, 1.165) is 60.6 Å². The minimum atomic E-state index is 0.299. The normalized spacial score (nSPS) is 14.2. The number of unbranched alkanes of at least 4 members (excludes halogenated alkanes) is 1. The third-order valence-corrected chi connectivity index (χ3v) is 6.74. The van der Waals surface area contributed by atoms with Crippen LogP contribution in [0.1, 0.15) is 30.9 Å².